The molecule has 0 aliphatic rings. The lowest BCUT2D eigenvalue weighted by atomic mass is 10.1. The van der Waals surface area contributed by atoms with E-state index in [0.717, 1.165) is 17.1 Å². The topological polar surface area (TPSA) is 50.7 Å². The molecule has 4 nitrogen and oxygen atoms in total. The Balaban J connectivity index is 2.90. The van der Waals surface area contributed by atoms with E-state index in [0.29, 0.717) is 13.2 Å². The molecule has 108 valence electrons. The van der Waals surface area contributed by atoms with E-state index >= 15 is 0 Å². The molecule has 1 aromatic carbocycles. The summed E-state index contributed by atoms with van der Waals surface area (Å²) in [5.41, 5.74) is 1.07. The molecule has 0 heterocycles. The summed E-state index contributed by atoms with van der Waals surface area (Å²) in [6, 6.07) is 5.85. The summed E-state index contributed by atoms with van der Waals surface area (Å²) >= 11 is 0. The Bertz CT molecular complexity index is 385. The standard InChI is InChI=1S/C15H25NO3/c1-5-18-13-8-6-7-12(11-16-15(2,3)4)14(13)19-10-9-17/h6-8,16-17H,5,9-11H2,1-4H3. The molecule has 0 amide bonds. The number of ether oxygens (including phenoxy) is 2. The van der Waals surface area contributed by atoms with Crippen LogP contribution < -0.4 is 14.8 Å². The number of hydrogen-bond donors (Lipinski definition) is 2. The van der Waals surface area contributed by atoms with Gasteiger partial charge in [0.1, 0.15) is 6.61 Å². The Hall–Kier alpha value is -1.26. The molecular weight excluding hydrogens is 242 g/mol. The van der Waals surface area contributed by atoms with E-state index in [9.17, 15) is 0 Å². The Labute approximate surface area is 115 Å². The quantitative estimate of drug-likeness (QED) is 0.796. The molecule has 0 aliphatic heterocycles. The molecule has 0 aromatic heterocycles. The number of nitrogens with one attached hydrogen (secondary N) is 1. The van der Waals surface area contributed by atoms with Gasteiger partial charge in [0.15, 0.2) is 11.5 Å². The van der Waals surface area contributed by atoms with E-state index in [1.165, 1.54) is 0 Å². The van der Waals surface area contributed by atoms with Gasteiger partial charge in [-0.15, -0.1) is 0 Å². The maximum Gasteiger partial charge on any atom is 0.165 e. The zero-order valence-corrected chi connectivity index (χ0v) is 12.3. The normalized spacial score (nSPS) is 11.4. The molecule has 1 aromatic rings. The van der Waals surface area contributed by atoms with Gasteiger partial charge in [0.25, 0.3) is 0 Å². The predicted octanol–water partition coefficient (Wildman–Crippen LogP) is 2.34. The highest BCUT2D eigenvalue weighted by molar-refractivity contribution is 5.46. The van der Waals surface area contributed by atoms with Crippen LogP contribution in [0.1, 0.15) is 33.3 Å². The first-order chi connectivity index (χ1) is 8.98. The van der Waals surface area contributed by atoms with E-state index in [2.05, 4.69) is 26.1 Å². The third kappa shape index (κ3) is 5.49. The molecular formula is C15H25NO3. The molecule has 0 fully saturated rings. The molecule has 0 aliphatic carbocycles. The number of rotatable bonds is 7. The van der Waals surface area contributed by atoms with E-state index in [1.54, 1.807) is 0 Å². The van der Waals surface area contributed by atoms with Crippen LogP contribution in [0.3, 0.4) is 0 Å². The van der Waals surface area contributed by atoms with Crippen LogP contribution in [-0.4, -0.2) is 30.5 Å². The van der Waals surface area contributed by atoms with Gasteiger partial charge in [0.05, 0.1) is 13.2 Å². The van der Waals surface area contributed by atoms with Crippen molar-refractivity contribution in [2.24, 2.45) is 0 Å². The Morgan fingerprint density at radius 1 is 1.21 bits per heavy atom. The summed E-state index contributed by atoms with van der Waals surface area (Å²) < 4.78 is 11.2. The highest BCUT2D eigenvalue weighted by Crippen LogP contribution is 2.31. The van der Waals surface area contributed by atoms with Gasteiger partial charge in [-0.3, -0.25) is 0 Å². The average Bonchev–Trinajstić information content (AvgIpc) is 2.34. The van der Waals surface area contributed by atoms with Gasteiger partial charge in [-0.25, -0.2) is 0 Å². The summed E-state index contributed by atoms with van der Waals surface area (Å²) in [5, 5.41) is 12.3. The first-order valence-electron chi connectivity index (χ1n) is 6.71. The second-order valence-corrected chi connectivity index (χ2v) is 5.35. The minimum Gasteiger partial charge on any atom is -0.490 e. The maximum absolute atomic E-state index is 8.92. The molecule has 0 unspecified atom stereocenters. The van der Waals surface area contributed by atoms with Gasteiger partial charge in [0.2, 0.25) is 0 Å². The fourth-order valence-corrected chi connectivity index (χ4v) is 1.64. The summed E-state index contributed by atoms with van der Waals surface area (Å²) in [6.07, 6.45) is 0. The minimum absolute atomic E-state index is 0.00734. The molecule has 0 atom stereocenters. The van der Waals surface area contributed by atoms with Gasteiger partial charge < -0.3 is 19.9 Å². The summed E-state index contributed by atoms with van der Waals surface area (Å²) in [5.74, 6) is 1.44. The molecule has 0 bridgehead atoms. The molecule has 0 radical (unpaired) electrons. The van der Waals surface area contributed by atoms with Crippen molar-refractivity contribution in [2.45, 2.75) is 39.8 Å². The molecule has 0 saturated carbocycles. The first-order valence-corrected chi connectivity index (χ1v) is 6.71. The van der Waals surface area contributed by atoms with Crippen LogP contribution in [0.2, 0.25) is 0 Å². The zero-order chi connectivity index (χ0) is 14.3. The lowest BCUT2D eigenvalue weighted by Gasteiger charge is -2.22. The molecule has 4 heteroatoms. The molecule has 0 saturated heterocycles. The monoisotopic (exact) mass is 267 g/mol. The van der Waals surface area contributed by atoms with Crippen molar-refractivity contribution in [3.8, 4) is 11.5 Å². The first kappa shape index (κ1) is 15.8. The van der Waals surface area contributed by atoms with Crippen LogP contribution in [0.15, 0.2) is 18.2 Å². The minimum atomic E-state index is -0.00734. The SMILES string of the molecule is CCOc1cccc(CNC(C)(C)C)c1OCCO. The van der Waals surface area contributed by atoms with Gasteiger partial charge >= 0.3 is 0 Å². The highest BCUT2D eigenvalue weighted by atomic mass is 16.5. The molecule has 0 spiro atoms. The summed E-state index contributed by atoms with van der Waals surface area (Å²) in [4.78, 5) is 0. The number of aliphatic hydroxyl groups is 1. The third-order valence-electron chi connectivity index (χ3n) is 2.51. The Kier molecular flexibility index (Phi) is 6.12. The fraction of sp³-hybridized carbons (Fsp3) is 0.600. The number of para-hydroxylation sites is 1. The largest absolute Gasteiger partial charge is 0.490 e. The van der Waals surface area contributed by atoms with Gasteiger partial charge in [-0.05, 0) is 33.8 Å². The smallest absolute Gasteiger partial charge is 0.165 e. The highest BCUT2D eigenvalue weighted by Gasteiger charge is 2.14. The van der Waals surface area contributed by atoms with Crippen LogP contribution >= 0.6 is 0 Å². The zero-order valence-electron chi connectivity index (χ0n) is 12.3. The van der Waals surface area contributed by atoms with E-state index in [-0.39, 0.29) is 18.8 Å². The fourth-order valence-electron chi connectivity index (χ4n) is 1.64. The Morgan fingerprint density at radius 3 is 2.53 bits per heavy atom. The van der Waals surface area contributed by atoms with Gasteiger partial charge in [0, 0.05) is 17.6 Å². The van der Waals surface area contributed by atoms with Gasteiger partial charge in [-0.2, -0.15) is 0 Å². The lowest BCUT2D eigenvalue weighted by Crippen LogP contribution is -2.35. The van der Waals surface area contributed by atoms with Crippen molar-refractivity contribution in [3.63, 3.8) is 0 Å². The average molecular weight is 267 g/mol. The Morgan fingerprint density at radius 2 is 1.95 bits per heavy atom. The predicted molar refractivity (Wildman–Crippen MR) is 76.8 cm³/mol. The van der Waals surface area contributed by atoms with E-state index in [1.807, 2.05) is 25.1 Å². The summed E-state index contributed by atoms with van der Waals surface area (Å²) in [6.45, 7) is 9.85. The third-order valence-corrected chi connectivity index (χ3v) is 2.51. The van der Waals surface area contributed by atoms with Crippen LogP contribution in [0.4, 0.5) is 0 Å². The number of hydrogen-bond acceptors (Lipinski definition) is 4. The second-order valence-electron chi connectivity index (χ2n) is 5.35. The number of aliphatic hydroxyl groups excluding tert-OH is 1. The van der Waals surface area contributed by atoms with Crippen LogP contribution in [0, 0.1) is 0 Å². The molecule has 19 heavy (non-hydrogen) atoms. The van der Waals surface area contributed by atoms with Crippen LogP contribution in [-0.2, 0) is 6.54 Å². The molecule has 2 N–H and O–H groups in total. The van der Waals surface area contributed by atoms with Crippen molar-refractivity contribution in [1.82, 2.24) is 5.32 Å². The van der Waals surface area contributed by atoms with Crippen molar-refractivity contribution >= 4 is 0 Å². The van der Waals surface area contributed by atoms with Crippen molar-refractivity contribution < 1.29 is 14.6 Å². The lowest BCUT2D eigenvalue weighted by molar-refractivity contribution is 0.192. The number of benzene rings is 1. The molecule has 1 rings (SSSR count). The summed E-state index contributed by atoms with van der Waals surface area (Å²) in [7, 11) is 0. The van der Waals surface area contributed by atoms with Gasteiger partial charge in [-0.1, -0.05) is 12.1 Å². The van der Waals surface area contributed by atoms with Crippen molar-refractivity contribution in [3.05, 3.63) is 23.8 Å². The van der Waals surface area contributed by atoms with Crippen LogP contribution in [0.25, 0.3) is 0 Å². The maximum atomic E-state index is 8.92. The van der Waals surface area contributed by atoms with Crippen molar-refractivity contribution in [2.75, 3.05) is 19.8 Å². The van der Waals surface area contributed by atoms with E-state index < -0.39 is 0 Å². The second kappa shape index (κ2) is 7.36. The van der Waals surface area contributed by atoms with Crippen molar-refractivity contribution in [1.29, 1.82) is 0 Å². The van der Waals surface area contributed by atoms with Crippen LogP contribution in [0.5, 0.6) is 11.5 Å². The van der Waals surface area contributed by atoms with E-state index in [4.69, 9.17) is 14.6 Å².